The van der Waals surface area contributed by atoms with E-state index in [9.17, 15) is 4.79 Å². The number of nitrogens with zero attached hydrogens (tertiary/aromatic N) is 3. The number of rotatable bonds is 4. The average molecular weight is 409 g/mol. The Kier molecular flexibility index (Phi) is 6.90. The summed E-state index contributed by atoms with van der Waals surface area (Å²) in [7, 11) is 0. The van der Waals surface area contributed by atoms with Crippen molar-refractivity contribution >= 4 is 24.1 Å². The van der Waals surface area contributed by atoms with Crippen molar-refractivity contribution in [3.05, 3.63) is 35.9 Å². The number of anilines is 1. The summed E-state index contributed by atoms with van der Waals surface area (Å²) in [5.41, 5.74) is 7.07. The SMILES string of the molecule is Cl.NCC1CN(C(=O)c2c(N3CCOCC3)noc2-c2ccccc2)CCO1. The van der Waals surface area contributed by atoms with Crippen LogP contribution in [0, 0.1) is 0 Å². The molecule has 9 heteroatoms. The zero-order valence-electron chi connectivity index (χ0n) is 15.6. The highest BCUT2D eigenvalue weighted by molar-refractivity contribution is 6.04. The zero-order valence-corrected chi connectivity index (χ0v) is 16.4. The van der Waals surface area contributed by atoms with Crippen molar-refractivity contribution in [3.8, 4) is 11.3 Å². The van der Waals surface area contributed by atoms with Gasteiger partial charge in [0, 0.05) is 38.3 Å². The van der Waals surface area contributed by atoms with Crippen molar-refractivity contribution < 1.29 is 18.8 Å². The molecule has 1 atom stereocenters. The second kappa shape index (κ2) is 9.38. The molecule has 3 heterocycles. The lowest BCUT2D eigenvalue weighted by Gasteiger charge is -2.33. The second-order valence-electron chi connectivity index (χ2n) is 6.66. The third-order valence-corrected chi connectivity index (χ3v) is 4.92. The third-order valence-electron chi connectivity index (χ3n) is 4.92. The van der Waals surface area contributed by atoms with Crippen LogP contribution in [0.25, 0.3) is 11.3 Å². The first kappa shape index (κ1) is 20.6. The van der Waals surface area contributed by atoms with Gasteiger partial charge in [0.05, 0.1) is 25.9 Å². The molecule has 28 heavy (non-hydrogen) atoms. The van der Waals surface area contributed by atoms with Crippen molar-refractivity contribution in [3.63, 3.8) is 0 Å². The Morgan fingerprint density at radius 3 is 2.61 bits per heavy atom. The first-order valence-corrected chi connectivity index (χ1v) is 9.26. The summed E-state index contributed by atoms with van der Waals surface area (Å²) in [6, 6.07) is 9.60. The molecule has 1 unspecified atom stereocenters. The summed E-state index contributed by atoms with van der Waals surface area (Å²) < 4.78 is 16.7. The molecular formula is C19H25ClN4O4. The number of amides is 1. The van der Waals surface area contributed by atoms with Crippen LogP contribution in [0.5, 0.6) is 0 Å². The number of ether oxygens (including phenoxy) is 2. The van der Waals surface area contributed by atoms with Gasteiger partial charge in [-0.15, -0.1) is 12.4 Å². The number of hydrogen-bond donors (Lipinski definition) is 1. The Morgan fingerprint density at radius 1 is 1.14 bits per heavy atom. The van der Waals surface area contributed by atoms with Crippen LogP contribution in [-0.4, -0.2) is 74.6 Å². The molecule has 2 fully saturated rings. The number of hydrogen-bond acceptors (Lipinski definition) is 7. The zero-order chi connectivity index (χ0) is 18.6. The van der Waals surface area contributed by atoms with Crippen LogP contribution in [0.1, 0.15) is 10.4 Å². The number of nitrogens with two attached hydrogens (primary N) is 1. The van der Waals surface area contributed by atoms with E-state index in [0.717, 1.165) is 5.56 Å². The fraction of sp³-hybridized carbons (Fsp3) is 0.474. The fourth-order valence-corrected chi connectivity index (χ4v) is 3.46. The summed E-state index contributed by atoms with van der Waals surface area (Å²) in [5, 5.41) is 4.26. The van der Waals surface area contributed by atoms with Gasteiger partial charge in [0.1, 0.15) is 5.56 Å². The highest BCUT2D eigenvalue weighted by atomic mass is 35.5. The summed E-state index contributed by atoms with van der Waals surface area (Å²) in [4.78, 5) is 17.3. The van der Waals surface area contributed by atoms with E-state index >= 15 is 0 Å². The number of morpholine rings is 2. The highest BCUT2D eigenvalue weighted by Crippen LogP contribution is 2.33. The Morgan fingerprint density at radius 2 is 1.89 bits per heavy atom. The molecule has 0 radical (unpaired) electrons. The van der Waals surface area contributed by atoms with E-state index in [-0.39, 0.29) is 24.4 Å². The lowest BCUT2D eigenvalue weighted by atomic mass is 10.1. The predicted molar refractivity (Wildman–Crippen MR) is 107 cm³/mol. The van der Waals surface area contributed by atoms with Gasteiger partial charge in [0.25, 0.3) is 5.91 Å². The van der Waals surface area contributed by atoms with Crippen LogP contribution in [0.3, 0.4) is 0 Å². The standard InChI is InChI=1S/C19H24N4O4.ClH/c20-12-15-13-23(8-11-26-15)19(24)16-17(14-4-2-1-3-5-14)27-21-18(16)22-6-9-25-10-7-22;/h1-5,15H,6-13,20H2;1H. The Labute approximate surface area is 169 Å². The molecule has 2 aromatic rings. The maximum absolute atomic E-state index is 13.5. The molecule has 1 aromatic carbocycles. The van der Waals surface area contributed by atoms with Gasteiger partial charge in [-0.05, 0) is 0 Å². The van der Waals surface area contributed by atoms with Crippen LogP contribution < -0.4 is 10.6 Å². The number of aromatic nitrogens is 1. The summed E-state index contributed by atoms with van der Waals surface area (Å²) >= 11 is 0. The summed E-state index contributed by atoms with van der Waals surface area (Å²) in [5.74, 6) is 0.981. The van der Waals surface area contributed by atoms with Gasteiger partial charge in [-0.3, -0.25) is 4.79 Å². The molecule has 8 nitrogen and oxygen atoms in total. The Bertz CT molecular complexity index is 779. The van der Waals surface area contributed by atoms with Crippen LogP contribution in [0.4, 0.5) is 5.82 Å². The number of carbonyl (C=O) groups excluding carboxylic acids is 1. The number of benzene rings is 1. The topological polar surface area (TPSA) is 94.1 Å². The summed E-state index contributed by atoms with van der Waals surface area (Å²) in [6.45, 7) is 4.42. The molecule has 1 aromatic heterocycles. The van der Waals surface area contributed by atoms with Crippen molar-refractivity contribution in [2.45, 2.75) is 6.10 Å². The van der Waals surface area contributed by atoms with Gasteiger partial charge in [-0.25, -0.2) is 0 Å². The minimum Gasteiger partial charge on any atom is -0.378 e. The van der Waals surface area contributed by atoms with E-state index in [1.165, 1.54) is 0 Å². The van der Waals surface area contributed by atoms with Crippen LogP contribution in [0.2, 0.25) is 0 Å². The smallest absolute Gasteiger partial charge is 0.261 e. The molecule has 0 saturated carbocycles. The lowest BCUT2D eigenvalue weighted by molar-refractivity contribution is -0.0167. The summed E-state index contributed by atoms with van der Waals surface area (Å²) in [6.07, 6.45) is -0.144. The first-order chi connectivity index (χ1) is 13.3. The average Bonchev–Trinajstić information content (AvgIpc) is 3.19. The molecule has 2 aliphatic heterocycles. The van der Waals surface area contributed by atoms with Gasteiger partial charge in [-0.2, -0.15) is 0 Å². The molecule has 2 N–H and O–H groups in total. The minimum atomic E-state index is -0.144. The van der Waals surface area contributed by atoms with Crippen LogP contribution in [-0.2, 0) is 9.47 Å². The quantitative estimate of drug-likeness (QED) is 0.817. The van der Waals surface area contributed by atoms with Crippen LogP contribution in [0.15, 0.2) is 34.9 Å². The van der Waals surface area contributed by atoms with Gasteiger partial charge in [0.2, 0.25) is 0 Å². The molecule has 4 rings (SSSR count). The van der Waals surface area contributed by atoms with E-state index in [1.54, 1.807) is 4.90 Å². The third kappa shape index (κ3) is 4.15. The van der Waals surface area contributed by atoms with E-state index in [2.05, 4.69) is 5.16 Å². The Balaban J connectivity index is 0.00000225. The van der Waals surface area contributed by atoms with Crippen molar-refractivity contribution in [2.24, 2.45) is 5.73 Å². The largest absolute Gasteiger partial charge is 0.378 e. The van der Waals surface area contributed by atoms with E-state index < -0.39 is 0 Å². The van der Waals surface area contributed by atoms with Crippen LogP contribution >= 0.6 is 12.4 Å². The van der Waals surface area contributed by atoms with E-state index in [4.69, 9.17) is 19.7 Å². The fourth-order valence-electron chi connectivity index (χ4n) is 3.46. The lowest BCUT2D eigenvalue weighted by Crippen LogP contribution is -2.48. The van der Waals surface area contributed by atoms with Gasteiger partial charge < -0.3 is 29.5 Å². The molecule has 0 aliphatic carbocycles. The number of halogens is 1. The van der Waals surface area contributed by atoms with Gasteiger partial charge in [-0.1, -0.05) is 35.5 Å². The maximum Gasteiger partial charge on any atom is 0.261 e. The molecule has 2 saturated heterocycles. The van der Waals surface area contributed by atoms with E-state index in [0.29, 0.717) is 69.7 Å². The molecule has 2 aliphatic rings. The second-order valence-corrected chi connectivity index (χ2v) is 6.66. The van der Waals surface area contributed by atoms with E-state index in [1.807, 2.05) is 35.2 Å². The minimum absolute atomic E-state index is 0. The normalized spacial score (nSPS) is 20.0. The monoisotopic (exact) mass is 408 g/mol. The van der Waals surface area contributed by atoms with Crippen molar-refractivity contribution in [1.29, 1.82) is 0 Å². The molecule has 0 bridgehead atoms. The first-order valence-electron chi connectivity index (χ1n) is 9.26. The highest BCUT2D eigenvalue weighted by Gasteiger charge is 2.33. The predicted octanol–water partition coefficient (Wildman–Crippen LogP) is 1.40. The van der Waals surface area contributed by atoms with Crippen molar-refractivity contribution in [2.75, 3.05) is 57.4 Å². The van der Waals surface area contributed by atoms with Gasteiger partial charge >= 0.3 is 0 Å². The Hall–Kier alpha value is -2.13. The molecule has 0 spiro atoms. The molecule has 152 valence electrons. The molecule has 1 amide bonds. The van der Waals surface area contributed by atoms with Gasteiger partial charge in [0.15, 0.2) is 11.6 Å². The molecular weight excluding hydrogens is 384 g/mol. The van der Waals surface area contributed by atoms with Crippen molar-refractivity contribution in [1.82, 2.24) is 10.1 Å². The maximum atomic E-state index is 13.5. The number of carbonyl (C=O) groups is 1.